The molecule has 8 rings (SSSR count). The van der Waals surface area contributed by atoms with E-state index < -0.39 is 119 Å². The molecule has 1 aromatic heterocycles. The van der Waals surface area contributed by atoms with E-state index in [-0.39, 0.29) is 40.9 Å². The van der Waals surface area contributed by atoms with Crippen molar-refractivity contribution < 1.29 is 72.2 Å². The second kappa shape index (κ2) is 18.8. The molecule has 362 valence electrons. The fraction of sp³-hybridized carbons (Fsp3) is 0.404. The maximum atomic E-state index is 16.1. The number of ketones is 1. The van der Waals surface area contributed by atoms with E-state index in [9.17, 15) is 39.0 Å². The van der Waals surface area contributed by atoms with Gasteiger partial charge >= 0.3 is 29.8 Å². The molecule has 1 aliphatic heterocycles. The smallest absolute Gasteiger partial charge is 0.339 e. The Labute approximate surface area is 401 Å². The molecular formula is C52H53NO15S. The van der Waals surface area contributed by atoms with Gasteiger partial charge in [0.1, 0.15) is 30.0 Å². The van der Waals surface area contributed by atoms with E-state index >= 15 is 4.79 Å². The van der Waals surface area contributed by atoms with Crippen molar-refractivity contribution in [2.75, 3.05) is 6.61 Å². The second-order valence-corrected chi connectivity index (χ2v) is 19.5. The average Bonchev–Trinajstić information content (AvgIpc) is 3.87. The molecule has 3 N–H and O–H groups in total. The number of aliphatic hydroxyl groups is 2. The fourth-order valence-electron chi connectivity index (χ4n) is 10.9. The molecule has 2 heterocycles. The van der Waals surface area contributed by atoms with Gasteiger partial charge in [0.25, 0.3) is 5.91 Å². The van der Waals surface area contributed by atoms with Crippen molar-refractivity contribution in [2.45, 2.75) is 108 Å². The third kappa shape index (κ3) is 8.55. The topological polar surface area (TPSA) is 227 Å². The zero-order chi connectivity index (χ0) is 49.6. The normalized spacial score (nSPS) is 29.7. The van der Waals surface area contributed by atoms with Crippen LogP contribution in [0.15, 0.2) is 119 Å². The number of aliphatic hydroxyl groups excluding tert-OH is 1. The number of fused-ring (bicyclic) bond motifs is 5. The molecule has 2 saturated carbocycles. The Morgan fingerprint density at radius 2 is 1.39 bits per heavy atom. The first-order valence-corrected chi connectivity index (χ1v) is 23.4. The molecule has 1 amide bonds. The minimum atomic E-state index is -2.46. The summed E-state index contributed by atoms with van der Waals surface area (Å²) in [6, 6.07) is 24.4. The van der Waals surface area contributed by atoms with Crippen molar-refractivity contribution >= 4 is 52.9 Å². The zero-order valence-electron chi connectivity index (χ0n) is 38.7. The maximum Gasteiger partial charge on any atom is 0.339 e. The van der Waals surface area contributed by atoms with Crippen LogP contribution in [0.5, 0.6) is 0 Å². The highest BCUT2D eigenvalue weighted by atomic mass is 32.1. The van der Waals surface area contributed by atoms with Crippen molar-refractivity contribution in [2.24, 2.45) is 16.7 Å². The van der Waals surface area contributed by atoms with E-state index in [1.54, 1.807) is 103 Å². The SMILES string of the molecule is CC(=O)O[C@H]1C(=O)[C@]2(C)[C@@H](OC(=O)c3ccsc3)C[C@H]3OC[C@@]3(OC(C)=O)[C@H]2[C@H](OC(=O)c2ccccc2)[C@]2(O)C[C@H](OC(=O)[C@H](O)[C@@H](NC(=O)c3ccccc3)c3ccccc3)C(C)=C1C2(C)C. The van der Waals surface area contributed by atoms with Crippen LogP contribution in [-0.2, 0) is 47.6 Å². The molecule has 2 bridgehead atoms. The highest BCUT2D eigenvalue weighted by molar-refractivity contribution is 7.08. The molecule has 11 atom stereocenters. The van der Waals surface area contributed by atoms with Gasteiger partial charge in [0.2, 0.25) is 0 Å². The lowest BCUT2D eigenvalue weighted by molar-refractivity contribution is -0.345. The van der Waals surface area contributed by atoms with Crippen molar-refractivity contribution in [1.82, 2.24) is 5.32 Å². The van der Waals surface area contributed by atoms with Gasteiger partial charge in [-0.15, -0.1) is 0 Å². The Morgan fingerprint density at radius 1 is 0.783 bits per heavy atom. The van der Waals surface area contributed by atoms with Crippen LogP contribution in [0.1, 0.15) is 97.1 Å². The van der Waals surface area contributed by atoms with Gasteiger partial charge in [0, 0.05) is 43.0 Å². The molecular weight excluding hydrogens is 911 g/mol. The number of benzene rings is 3. The van der Waals surface area contributed by atoms with Gasteiger partial charge < -0.3 is 44.0 Å². The van der Waals surface area contributed by atoms with Crippen LogP contribution in [0.25, 0.3) is 0 Å². The first kappa shape index (κ1) is 48.9. The number of rotatable bonds is 12. The Kier molecular flexibility index (Phi) is 13.3. The Bertz CT molecular complexity index is 2670. The van der Waals surface area contributed by atoms with Crippen LogP contribution in [0, 0.1) is 16.7 Å². The molecule has 0 radical (unpaired) electrons. The molecule has 69 heavy (non-hydrogen) atoms. The molecule has 4 aromatic rings. The van der Waals surface area contributed by atoms with Crippen LogP contribution in [0.4, 0.5) is 0 Å². The molecule has 3 aromatic carbocycles. The summed E-state index contributed by atoms with van der Waals surface area (Å²) in [5.41, 5.74) is -7.21. The van der Waals surface area contributed by atoms with E-state index in [0.29, 0.717) is 5.56 Å². The molecule has 3 fully saturated rings. The third-order valence-electron chi connectivity index (χ3n) is 14.5. The summed E-state index contributed by atoms with van der Waals surface area (Å²) in [4.78, 5) is 99.3. The number of ether oxygens (including phenoxy) is 6. The van der Waals surface area contributed by atoms with Gasteiger partial charge in [-0.2, -0.15) is 11.3 Å². The van der Waals surface area contributed by atoms with E-state index in [4.69, 9.17) is 28.4 Å². The number of amides is 1. The van der Waals surface area contributed by atoms with Gasteiger partial charge in [0.15, 0.2) is 23.6 Å². The molecule has 0 unspecified atom stereocenters. The number of hydrogen-bond acceptors (Lipinski definition) is 16. The minimum absolute atomic E-state index is 0.0300. The molecule has 1 saturated heterocycles. The first-order chi connectivity index (χ1) is 32.7. The lowest BCUT2D eigenvalue weighted by atomic mass is 9.44. The summed E-state index contributed by atoms with van der Waals surface area (Å²) in [5.74, 6) is -7.84. The maximum absolute atomic E-state index is 16.1. The fourth-order valence-corrected chi connectivity index (χ4v) is 11.5. The zero-order valence-corrected chi connectivity index (χ0v) is 39.6. The number of carbonyl (C=O) groups is 7. The lowest BCUT2D eigenvalue weighted by Gasteiger charge is -2.67. The summed E-state index contributed by atoms with van der Waals surface area (Å²) in [7, 11) is 0. The van der Waals surface area contributed by atoms with Crippen molar-refractivity contribution in [3.63, 3.8) is 0 Å². The number of hydrogen-bond donors (Lipinski definition) is 3. The van der Waals surface area contributed by atoms with Gasteiger partial charge in [-0.3, -0.25) is 19.2 Å². The number of carbonyl (C=O) groups excluding carboxylic acids is 7. The van der Waals surface area contributed by atoms with Crippen LogP contribution in [0.2, 0.25) is 0 Å². The van der Waals surface area contributed by atoms with Gasteiger partial charge in [-0.1, -0.05) is 80.6 Å². The molecule has 0 spiro atoms. The van der Waals surface area contributed by atoms with Gasteiger partial charge in [0.05, 0.1) is 35.1 Å². The summed E-state index contributed by atoms with van der Waals surface area (Å²) >= 11 is 1.23. The minimum Gasteiger partial charge on any atom is -0.458 e. The predicted octanol–water partition coefficient (Wildman–Crippen LogP) is 5.66. The standard InChI is InChI=1S/C52H53NO15S/c1-28-35(65-48(61)40(56)39(31-16-10-7-11-17-31)53-45(58)32-18-12-8-13-19-32)25-52(62)44(67-46(59)33-20-14-9-15-21-33)42-50(6,43(57)41(64-29(2)54)38(28)49(52,4)5)36(66-47(60)34-22-23-69-26-34)24-37-51(42,27-63-37)68-30(3)55/h7-23,26,35-37,39-42,44,56,62H,24-25,27H2,1-6H3,(H,53,58)/t35-,36-,37+,39-,40+,41+,42-,44-,50+,51-,52+/m0/s1. The summed E-state index contributed by atoms with van der Waals surface area (Å²) in [6.07, 6.45) is -10.7. The Hall–Kier alpha value is -6.53. The van der Waals surface area contributed by atoms with Crippen LogP contribution < -0.4 is 5.32 Å². The first-order valence-electron chi connectivity index (χ1n) is 22.5. The van der Waals surface area contributed by atoms with Crippen molar-refractivity contribution in [3.05, 3.63) is 141 Å². The molecule has 16 nitrogen and oxygen atoms in total. The molecule has 17 heteroatoms. The van der Waals surface area contributed by atoms with E-state index in [0.717, 1.165) is 13.8 Å². The summed E-state index contributed by atoms with van der Waals surface area (Å²) in [5, 5.41) is 31.8. The number of nitrogens with one attached hydrogen (secondary N) is 1. The third-order valence-corrected chi connectivity index (χ3v) is 15.1. The number of esters is 5. The van der Waals surface area contributed by atoms with Gasteiger partial charge in [-0.25, -0.2) is 14.4 Å². The van der Waals surface area contributed by atoms with Crippen LogP contribution in [0.3, 0.4) is 0 Å². The second-order valence-electron chi connectivity index (χ2n) is 18.7. The van der Waals surface area contributed by atoms with E-state index in [1.807, 2.05) is 0 Å². The lowest BCUT2D eigenvalue weighted by Crippen LogP contribution is -2.82. The Balaban J connectivity index is 1.31. The summed E-state index contributed by atoms with van der Waals surface area (Å²) in [6.45, 7) is 7.96. The van der Waals surface area contributed by atoms with Crippen LogP contribution >= 0.6 is 11.3 Å². The number of thiophene rings is 1. The Morgan fingerprint density at radius 3 is 1.96 bits per heavy atom. The number of Topliss-reactive ketones (excluding diaryl/α,β-unsaturated/α-hetero) is 1. The van der Waals surface area contributed by atoms with E-state index in [2.05, 4.69) is 5.32 Å². The molecule has 3 aliphatic carbocycles. The quantitative estimate of drug-likeness (QED) is 0.0884. The van der Waals surface area contributed by atoms with Crippen LogP contribution in [-0.4, -0.2) is 106 Å². The average molecular weight is 964 g/mol. The molecule has 4 aliphatic rings. The van der Waals surface area contributed by atoms with Gasteiger partial charge in [-0.05, 0) is 66.3 Å². The summed E-state index contributed by atoms with van der Waals surface area (Å²) < 4.78 is 37.2. The largest absolute Gasteiger partial charge is 0.458 e. The van der Waals surface area contributed by atoms with E-state index in [1.165, 1.54) is 43.4 Å². The highest BCUT2D eigenvalue weighted by Crippen LogP contribution is 2.65. The van der Waals surface area contributed by atoms with Crippen molar-refractivity contribution in [1.29, 1.82) is 0 Å². The van der Waals surface area contributed by atoms with Crippen molar-refractivity contribution in [3.8, 4) is 0 Å². The highest BCUT2D eigenvalue weighted by Gasteiger charge is 2.79. The monoisotopic (exact) mass is 963 g/mol. The predicted molar refractivity (Wildman–Crippen MR) is 245 cm³/mol.